The van der Waals surface area contributed by atoms with Crippen LogP contribution in [-0.4, -0.2) is 13.6 Å². The van der Waals surface area contributed by atoms with Gasteiger partial charge in [0.05, 0.1) is 0 Å². The molecule has 2 aromatic rings. The summed E-state index contributed by atoms with van der Waals surface area (Å²) in [4.78, 5) is 2.45. The maximum absolute atomic E-state index is 3.29. The van der Waals surface area contributed by atoms with Gasteiger partial charge in [-0.05, 0) is 63.1 Å². The number of benzene rings is 2. The van der Waals surface area contributed by atoms with Gasteiger partial charge in [0.25, 0.3) is 0 Å². The zero-order chi connectivity index (χ0) is 14.8. The molecule has 0 aromatic heterocycles. The minimum absolute atomic E-state index is 0.398. The van der Waals surface area contributed by atoms with Gasteiger partial charge in [0.15, 0.2) is 0 Å². The van der Waals surface area contributed by atoms with E-state index in [1.165, 1.54) is 40.9 Å². The Labute approximate surface area is 127 Å². The summed E-state index contributed by atoms with van der Waals surface area (Å²) in [5.41, 5.74) is 6.85. The van der Waals surface area contributed by atoms with Gasteiger partial charge in [-0.3, -0.25) is 0 Å². The van der Waals surface area contributed by atoms with Crippen molar-refractivity contribution in [3.63, 3.8) is 0 Å². The average Bonchev–Trinajstić information content (AvgIpc) is 2.53. The zero-order valence-corrected chi connectivity index (χ0v) is 13.2. The fourth-order valence-electron chi connectivity index (χ4n) is 3.10. The van der Waals surface area contributed by atoms with Gasteiger partial charge in [0, 0.05) is 24.0 Å². The van der Waals surface area contributed by atoms with Crippen LogP contribution in [0, 0.1) is 6.92 Å². The number of hydrogen-bond acceptors (Lipinski definition) is 2. The van der Waals surface area contributed by atoms with E-state index in [0.29, 0.717) is 6.04 Å². The van der Waals surface area contributed by atoms with Crippen LogP contribution in [0.25, 0.3) is 0 Å². The summed E-state index contributed by atoms with van der Waals surface area (Å²) in [6.07, 6.45) is 2.42. The molecule has 0 radical (unpaired) electrons. The third-order valence-corrected chi connectivity index (χ3v) is 4.49. The van der Waals surface area contributed by atoms with Crippen LogP contribution in [0.15, 0.2) is 42.5 Å². The van der Waals surface area contributed by atoms with E-state index >= 15 is 0 Å². The van der Waals surface area contributed by atoms with Crippen molar-refractivity contribution in [1.29, 1.82) is 0 Å². The van der Waals surface area contributed by atoms with E-state index in [0.717, 1.165) is 6.54 Å². The maximum Gasteiger partial charge on any atom is 0.0443 e. The Balaban J connectivity index is 1.92. The molecule has 3 rings (SSSR count). The third kappa shape index (κ3) is 2.81. The predicted octanol–water partition coefficient (Wildman–Crippen LogP) is 4.36. The Bertz CT molecular complexity index is 616. The first kappa shape index (κ1) is 14.2. The summed E-state index contributed by atoms with van der Waals surface area (Å²) in [7, 11) is 2.00. The number of hydrogen-bond donors (Lipinski definition) is 1. The second kappa shape index (κ2) is 5.90. The summed E-state index contributed by atoms with van der Waals surface area (Å²) in [5, 5.41) is 3.29. The average molecular weight is 280 g/mol. The van der Waals surface area contributed by atoms with Crippen LogP contribution in [0.3, 0.4) is 0 Å². The van der Waals surface area contributed by atoms with Crippen LogP contribution in [0.1, 0.15) is 36.1 Å². The van der Waals surface area contributed by atoms with E-state index in [-0.39, 0.29) is 0 Å². The second-order valence-electron chi connectivity index (χ2n) is 5.99. The molecule has 0 bridgehead atoms. The first-order valence-corrected chi connectivity index (χ1v) is 7.83. The van der Waals surface area contributed by atoms with Gasteiger partial charge in [-0.15, -0.1) is 0 Å². The normalized spacial score (nSPS) is 15.7. The highest BCUT2D eigenvalue weighted by Crippen LogP contribution is 2.34. The van der Waals surface area contributed by atoms with Crippen LogP contribution < -0.4 is 10.2 Å². The molecule has 0 spiro atoms. The summed E-state index contributed by atoms with van der Waals surface area (Å²) in [5.74, 6) is 0. The largest absolute Gasteiger partial charge is 0.341 e. The molecule has 0 amide bonds. The molecule has 1 unspecified atom stereocenters. The summed E-state index contributed by atoms with van der Waals surface area (Å²) < 4.78 is 0. The van der Waals surface area contributed by atoms with E-state index in [2.05, 4.69) is 66.5 Å². The number of nitrogens with one attached hydrogen (secondary N) is 1. The van der Waals surface area contributed by atoms with Gasteiger partial charge in [0.1, 0.15) is 0 Å². The minimum Gasteiger partial charge on any atom is -0.341 e. The molecule has 1 atom stereocenters. The van der Waals surface area contributed by atoms with Crippen LogP contribution in [0.2, 0.25) is 0 Å². The van der Waals surface area contributed by atoms with Crippen LogP contribution >= 0.6 is 0 Å². The first-order chi connectivity index (χ1) is 10.2. The fraction of sp³-hybridized carbons (Fsp3) is 0.368. The minimum atomic E-state index is 0.398. The standard InChI is InChI=1S/C19H24N2/c1-14-6-11-19-17(13-14)5-4-12-21(19)18-9-7-16(8-10-18)15(2)20-3/h6-11,13,15,20H,4-5,12H2,1-3H3. The van der Waals surface area contributed by atoms with Gasteiger partial charge < -0.3 is 10.2 Å². The fourth-order valence-corrected chi connectivity index (χ4v) is 3.10. The van der Waals surface area contributed by atoms with Gasteiger partial charge in [-0.25, -0.2) is 0 Å². The molecule has 0 aliphatic carbocycles. The first-order valence-electron chi connectivity index (χ1n) is 7.83. The number of anilines is 2. The Hall–Kier alpha value is -1.80. The Morgan fingerprint density at radius 1 is 1.10 bits per heavy atom. The summed E-state index contributed by atoms with van der Waals surface area (Å²) in [6, 6.07) is 16.2. The lowest BCUT2D eigenvalue weighted by molar-refractivity contribution is 0.652. The Morgan fingerprint density at radius 2 is 1.86 bits per heavy atom. The van der Waals surface area contributed by atoms with Gasteiger partial charge in [-0.2, -0.15) is 0 Å². The molecular formula is C19H24N2. The van der Waals surface area contributed by atoms with E-state index in [1.807, 2.05) is 7.05 Å². The van der Waals surface area contributed by atoms with Crippen molar-refractivity contribution in [2.75, 3.05) is 18.5 Å². The molecule has 1 N–H and O–H groups in total. The van der Waals surface area contributed by atoms with Crippen molar-refractivity contribution in [3.8, 4) is 0 Å². The van der Waals surface area contributed by atoms with E-state index in [4.69, 9.17) is 0 Å². The molecule has 1 heterocycles. The molecule has 0 saturated carbocycles. The lowest BCUT2D eigenvalue weighted by Gasteiger charge is -2.32. The van der Waals surface area contributed by atoms with Gasteiger partial charge in [0.2, 0.25) is 0 Å². The Morgan fingerprint density at radius 3 is 2.57 bits per heavy atom. The highest BCUT2D eigenvalue weighted by molar-refractivity contribution is 5.68. The molecule has 2 aromatic carbocycles. The SMILES string of the molecule is CNC(C)c1ccc(N2CCCc3cc(C)ccc32)cc1. The highest BCUT2D eigenvalue weighted by atomic mass is 15.1. The number of fused-ring (bicyclic) bond motifs is 1. The number of nitrogens with zero attached hydrogens (tertiary/aromatic N) is 1. The Kier molecular flexibility index (Phi) is 3.98. The van der Waals surface area contributed by atoms with E-state index in [9.17, 15) is 0 Å². The van der Waals surface area contributed by atoms with Crippen molar-refractivity contribution in [2.24, 2.45) is 0 Å². The number of rotatable bonds is 3. The monoisotopic (exact) mass is 280 g/mol. The van der Waals surface area contributed by atoms with Crippen molar-refractivity contribution in [2.45, 2.75) is 32.7 Å². The van der Waals surface area contributed by atoms with Crippen molar-refractivity contribution < 1.29 is 0 Å². The molecular weight excluding hydrogens is 256 g/mol. The molecule has 0 saturated heterocycles. The van der Waals surface area contributed by atoms with Crippen LogP contribution in [-0.2, 0) is 6.42 Å². The van der Waals surface area contributed by atoms with Crippen LogP contribution in [0.4, 0.5) is 11.4 Å². The predicted molar refractivity (Wildman–Crippen MR) is 90.4 cm³/mol. The topological polar surface area (TPSA) is 15.3 Å². The highest BCUT2D eigenvalue weighted by Gasteiger charge is 2.18. The van der Waals surface area contributed by atoms with Crippen molar-refractivity contribution in [1.82, 2.24) is 5.32 Å². The summed E-state index contributed by atoms with van der Waals surface area (Å²) in [6.45, 7) is 5.47. The van der Waals surface area contributed by atoms with Gasteiger partial charge >= 0.3 is 0 Å². The van der Waals surface area contributed by atoms with Crippen molar-refractivity contribution in [3.05, 3.63) is 59.2 Å². The van der Waals surface area contributed by atoms with E-state index < -0.39 is 0 Å². The molecule has 2 heteroatoms. The molecule has 1 aliphatic heterocycles. The molecule has 0 fully saturated rings. The lowest BCUT2D eigenvalue weighted by Crippen LogP contribution is -2.24. The second-order valence-corrected chi connectivity index (χ2v) is 5.99. The zero-order valence-electron chi connectivity index (χ0n) is 13.2. The summed E-state index contributed by atoms with van der Waals surface area (Å²) >= 11 is 0. The molecule has 21 heavy (non-hydrogen) atoms. The lowest BCUT2D eigenvalue weighted by atomic mass is 9.98. The quantitative estimate of drug-likeness (QED) is 0.898. The smallest absolute Gasteiger partial charge is 0.0443 e. The maximum atomic E-state index is 3.29. The molecule has 110 valence electrons. The molecule has 1 aliphatic rings. The molecule has 2 nitrogen and oxygen atoms in total. The van der Waals surface area contributed by atoms with Crippen LogP contribution in [0.5, 0.6) is 0 Å². The van der Waals surface area contributed by atoms with E-state index in [1.54, 1.807) is 0 Å². The van der Waals surface area contributed by atoms with Gasteiger partial charge in [-0.1, -0.05) is 29.8 Å². The third-order valence-electron chi connectivity index (χ3n) is 4.49. The van der Waals surface area contributed by atoms with Crippen molar-refractivity contribution >= 4 is 11.4 Å². The number of aryl methyl sites for hydroxylation is 2.